The predicted molar refractivity (Wildman–Crippen MR) is 95.3 cm³/mol. The van der Waals surface area contributed by atoms with Crippen LogP contribution in [-0.4, -0.2) is 39.4 Å². The Balaban J connectivity index is 1.59. The molecule has 4 rings (SSSR count). The molecule has 4 heterocycles. The summed E-state index contributed by atoms with van der Waals surface area (Å²) in [6.07, 6.45) is 9.58. The van der Waals surface area contributed by atoms with Crippen LogP contribution < -0.4 is 0 Å². The molecule has 0 aromatic carbocycles. The van der Waals surface area contributed by atoms with Crippen molar-refractivity contribution in [2.45, 2.75) is 25.5 Å². The normalized spacial score (nSPS) is 17.0. The van der Waals surface area contributed by atoms with Gasteiger partial charge in [-0.1, -0.05) is 6.07 Å². The molecule has 5 nitrogen and oxygen atoms in total. The van der Waals surface area contributed by atoms with Gasteiger partial charge in [-0.15, -0.1) is 0 Å². The molecule has 25 heavy (non-hydrogen) atoms. The van der Waals surface area contributed by atoms with Crippen molar-refractivity contribution in [3.8, 4) is 0 Å². The van der Waals surface area contributed by atoms with Crippen molar-refractivity contribution < 1.29 is 9.53 Å². The van der Waals surface area contributed by atoms with Crippen LogP contribution in [0.2, 0.25) is 0 Å². The molecular formula is C20H21N3O2. The summed E-state index contributed by atoms with van der Waals surface area (Å²) in [6, 6.07) is 11.8. The summed E-state index contributed by atoms with van der Waals surface area (Å²) in [5.74, 6) is 0.0380. The summed E-state index contributed by atoms with van der Waals surface area (Å²) in [6.45, 7) is 1.97. The molecule has 0 radical (unpaired) electrons. The molecule has 1 unspecified atom stereocenters. The van der Waals surface area contributed by atoms with Crippen LogP contribution in [0.5, 0.6) is 0 Å². The van der Waals surface area contributed by atoms with E-state index in [0.29, 0.717) is 18.7 Å². The molecule has 1 fully saturated rings. The first-order chi connectivity index (χ1) is 12.3. The van der Waals surface area contributed by atoms with E-state index in [1.807, 2.05) is 58.1 Å². The smallest absolute Gasteiger partial charge is 0.255 e. The molecule has 0 spiro atoms. The number of carbonyl (C=O) groups excluding carboxylic acids is 1. The quantitative estimate of drug-likeness (QED) is 0.719. The highest BCUT2D eigenvalue weighted by atomic mass is 16.5. The van der Waals surface area contributed by atoms with Gasteiger partial charge in [0.1, 0.15) is 0 Å². The minimum atomic E-state index is 0.0380. The topological polar surface area (TPSA) is 46.8 Å². The number of rotatable bonds is 5. The van der Waals surface area contributed by atoms with E-state index < -0.39 is 0 Å². The molecule has 0 bridgehead atoms. The fourth-order valence-electron chi connectivity index (χ4n) is 3.32. The zero-order valence-corrected chi connectivity index (χ0v) is 14.0. The summed E-state index contributed by atoms with van der Waals surface area (Å²) < 4.78 is 7.73. The second-order valence-electron chi connectivity index (χ2n) is 6.44. The summed E-state index contributed by atoms with van der Waals surface area (Å²) >= 11 is 0. The van der Waals surface area contributed by atoms with E-state index in [4.69, 9.17) is 4.74 Å². The maximum atomic E-state index is 13.1. The molecular weight excluding hydrogens is 314 g/mol. The number of fused-ring (bicyclic) bond motifs is 1. The molecule has 0 aliphatic carbocycles. The summed E-state index contributed by atoms with van der Waals surface area (Å²) in [4.78, 5) is 19.1. The van der Waals surface area contributed by atoms with Crippen LogP contribution in [0.4, 0.5) is 0 Å². The second kappa shape index (κ2) is 7.07. The second-order valence-corrected chi connectivity index (χ2v) is 6.44. The Morgan fingerprint density at radius 2 is 2.16 bits per heavy atom. The Bertz CT molecular complexity index is 821. The number of ether oxygens (including phenoxy) is 1. The standard InChI is InChI=1S/C20H21N3O2/c24-20(17-12-18-4-1-2-10-22(18)14-17)23(15-19-5-3-11-25-19)13-16-6-8-21-9-7-16/h1-2,4,6-10,12,14,19H,3,5,11,13,15H2. The Morgan fingerprint density at radius 1 is 1.28 bits per heavy atom. The van der Waals surface area contributed by atoms with Crippen LogP contribution in [0.25, 0.3) is 5.52 Å². The average Bonchev–Trinajstić information content (AvgIpc) is 3.30. The first-order valence-electron chi connectivity index (χ1n) is 8.66. The minimum absolute atomic E-state index is 0.0380. The zero-order chi connectivity index (χ0) is 17.1. The highest BCUT2D eigenvalue weighted by Gasteiger charge is 2.24. The minimum Gasteiger partial charge on any atom is -0.376 e. The number of amides is 1. The molecule has 0 saturated carbocycles. The Labute approximate surface area is 146 Å². The van der Waals surface area contributed by atoms with Crippen molar-refractivity contribution in [2.75, 3.05) is 13.2 Å². The third-order valence-electron chi connectivity index (χ3n) is 4.61. The van der Waals surface area contributed by atoms with E-state index in [9.17, 15) is 4.79 Å². The van der Waals surface area contributed by atoms with E-state index in [-0.39, 0.29) is 12.0 Å². The molecule has 3 aromatic rings. The van der Waals surface area contributed by atoms with E-state index >= 15 is 0 Å². The van der Waals surface area contributed by atoms with E-state index in [1.165, 1.54) is 0 Å². The SMILES string of the molecule is O=C(c1cc2ccccn2c1)N(Cc1ccncc1)CC1CCCO1. The molecule has 128 valence electrons. The van der Waals surface area contributed by atoms with Gasteiger partial charge in [0.2, 0.25) is 0 Å². The summed E-state index contributed by atoms with van der Waals surface area (Å²) in [5, 5.41) is 0. The van der Waals surface area contributed by atoms with Gasteiger partial charge in [-0.25, -0.2) is 0 Å². The van der Waals surface area contributed by atoms with Gasteiger partial charge in [-0.3, -0.25) is 9.78 Å². The largest absolute Gasteiger partial charge is 0.376 e. The number of carbonyl (C=O) groups is 1. The van der Waals surface area contributed by atoms with Crippen molar-refractivity contribution >= 4 is 11.4 Å². The van der Waals surface area contributed by atoms with Crippen LogP contribution in [-0.2, 0) is 11.3 Å². The maximum Gasteiger partial charge on any atom is 0.255 e. The molecule has 5 heteroatoms. The van der Waals surface area contributed by atoms with Gasteiger partial charge in [-0.2, -0.15) is 0 Å². The lowest BCUT2D eigenvalue weighted by Gasteiger charge is -2.25. The Morgan fingerprint density at radius 3 is 2.92 bits per heavy atom. The van der Waals surface area contributed by atoms with Crippen molar-refractivity contribution in [1.82, 2.24) is 14.3 Å². The molecule has 1 amide bonds. The van der Waals surface area contributed by atoms with Gasteiger partial charge in [0.15, 0.2) is 0 Å². The molecule has 1 aliphatic heterocycles. The maximum absolute atomic E-state index is 13.1. The predicted octanol–water partition coefficient (Wildman–Crippen LogP) is 3.16. The third kappa shape index (κ3) is 3.56. The van der Waals surface area contributed by atoms with Crippen LogP contribution in [0.1, 0.15) is 28.8 Å². The molecule has 1 saturated heterocycles. The van der Waals surface area contributed by atoms with Crippen LogP contribution in [0.3, 0.4) is 0 Å². The Kier molecular flexibility index (Phi) is 4.48. The molecule has 1 atom stereocenters. The summed E-state index contributed by atoms with van der Waals surface area (Å²) in [7, 11) is 0. The van der Waals surface area contributed by atoms with E-state index in [0.717, 1.165) is 30.5 Å². The van der Waals surface area contributed by atoms with Gasteiger partial charge in [-0.05, 0) is 48.7 Å². The monoisotopic (exact) mass is 335 g/mol. The molecule has 0 N–H and O–H groups in total. The van der Waals surface area contributed by atoms with Crippen LogP contribution >= 0.6 is 0 Å². The summed E-state index contributed by atoms with van der Waals surface area (Å²) in [5.41, 5.74) is 2.80. The van der Waals surface area contributed by atoms with Crippen LogP contribution in [0, 0.1) is 0 Å². The number of aromatic nitrogens is 2. The van der Waals surface area contributed by atoms with Crippen molar-refractivity contribution in [2.24, 2.45) is 0 Å². The van der Waals surface area contributed by atoms with Gasteiger partial charge in [0, 0.05) is 50.0 Å². The number of hydrogen-bond donors (Lipinski definition) is 0. The highest BCUT2D eigenvalue weighted by Crippen LogP contribution is 2.18. The van der Waals surface area contributed by atoms with Gasteiger partial charge < -0.3 is 14.0 Å². The van der Waals surface area contributed by atoms with Gasteiger partial charge >= 0.3 is 0 Å². The Hall–Kier alpha value is -2.66. The van der Waals surface area contributed by atoms with E-state index in [1.54, 1.807) is 12.4 Å². The molecule has 3 aromatic heterocycles. The lowest BCUT2D eigenvalue weighted by molar-refractivity contribution is 0.0507. The highest BCUT2D eigenvalue weighted by molar-refractivity contribution is 5.95. The van der Waals surface area contributed by atoms with E-state index in [2.05, 4.69) is 4.98 Å². The fourth-order valence-corrected chi connectivity index (χ4v) is 3.32. The van der Waals surface area contributed by atoms with Crippen molar-refractivity contribution in [3.05, 3.63) is 72.3 Å². The average molecular weight is 335 g/mol. The first kappa shape index (κ1) is 15.8. The van der Waals surface area contributed by atoms with Crippen LogP contribution in [0.15, 0.2) is 61.2 Å². The van der Waals surface area contributed by atoms with Gasteiger partial charge in [0.25, 0.3) is 5.91 Å². The molecule has 1 aliphatic rings. The van der Waals surface area contributed by atoms with Crippen molar-refractivity contribution in [3.63, 3.8) is 0 Å². The fraction of sp³-hybridized carbons (Fsp3) is 0.300. The van der Waals surface area contributed by atoms with Gasteiger partial charge in [0.05, 0.1) is 11.7 Å². The lowest BCUT2D eigenvalue weighted by atomic mass is 10.1. The lowest BCUT2D eigenvalue weighted by Crippen LogP contribution is -2.36. The number of hydrogen-bond acceptors (Lipinski definition) is 3. The first-order valence-corrected chi connectivity index (χ1v) is 8.66. The zero-order valence-electron chi connectivity index (χ0n) is 14.0. The van der Waals surface area contributed by atoms with Crippen molar-refractivity contribution in [1.29, 1.82) is 0 Å². The third-order valence-corrected chi connectivity index (χ3v) is 4.61. The number of nitrogens with zero attached hydrogens (tertiary/aromatic N) is 3. The number of pyridine rings is 2.